The zero-order valence-corrected chi connectivity index (χ0v) is 35.2. The van der Waals surface area contributed by atoms with E-state index >= 15 is 0 Å². The van der Waals surface area contributed by atoms with Gasteiger partial charge >= 0.3 is 11.9 Å². The Balaban J connectivity index is 4.37. The van der Waals surface area contributed by atoms with Gasteiger partial charge < -0.3 is 28.6 Å². The standard InChI is InChI=1S/C45H83NO7/c1-6-8-10-12-14-16-18-20-21-22-24-26-28-30-32-34-36-44(48)53-41(39-51-38-37-42(45(49)50)46(3,4)5)40-52-43(47)35-33-31-29-27-25-23-19-17-15-13-11-9-7-2/h17,19,21-22,41-42H,6-16,18,20,23-40H2,1-5H3/b19-17-,22-21-. The number of esters is 2. The summed E-state index contributed by atoms with van der Waals surface area (Å²) in [6, 6.07) is -0.725. The van der Waals surface area contributed by atoms with Crippen LogP contribution in [0, 0.1) is 0 Å². The third-order valence-corrected chi connectivity index (χ3v) is 9.81. The van der Waals surface area contributed by atoms with Crippen LogP contribution in [0.3, 0.4) is 0 Å². The van der Waals surface area contributed by atoms with Crippen molar-refractivity contribution in [2.45, 2.75) is 206 Å². The van der Waals surface area contributed by atoms with Crippen molar-refractivity contribution in [3.63, 3.8) is 0 Å². The third kappa shape index (κ3) is 35.3. The monoisotopic (exact) mass is 750 g/mol. The lowest BCUT2D eigenvalue weighted by molar-refractivity contribution is -0.889. The highest BCUT2D eigenvalue weighted by Gasteiger charge is 2.25. The van der Waals surface area contributed by atoms with Crippen LogP contribution in [0.25, 0.3) is 0 Å². The maximum absolute atomic E-state index is 12.7. The lowest BCUT2D eigenvalue weighted by Gasteiger charge is -2.34. The summed E-state index contributed by atoms with van der Waals surface area (Å²) in [5.74, 6) is -1.75. The van der Waals surface area contributed by atoms with Gasteiger partial charge in [0.25, 0.3) is 0 Å². The van der Waals surface area contributed by atoms with Gasteiger partial charge in [-0.1, -0.05) is 134 Å². The second kappa shape index (κ2) is 36.8. The SMILES string of the molecule is CCCCCC/C=C\CCCCCCCC(=O)OCC(COCCC(C(=O)[O-])[N+](C)(C)C)OC(=O)CCCCCCC/C=C\CCCCCCCCC. The Morgan fingerprint density at radius 2 is 0.943 bits per heavy atom. The highest BCUT2D eigenvalue weighted by atomic mass is 16.6. The van der Waals surface area contributed by atoms with Crippen LogP contribution in [0.4, 0.5) is 0 Å². The van der Waals surface area contributed by atoms with Crippen LogP contribution in [-0.2, 0) is 28.6 Å². The molecule has 53 heavy (non-hydrogen) atoms. The number of carbonyl (C=O) groups excluding carboxylic acids is 3. The molecule has 0 aliphatic heterocycles. The van der Waals surface area contributed by atoms with Crippen molar-refractivity contribution in [1.82, 2.24) is 0 Å². The number of likely N-dealkylation sites (N-methyl/N-ethyl adjacent to an activating group) is 1. The Bertz CT molecular complexity index is 926. The molecule has 0 aliphatic carbocycles. The number of hydrogen-bond donors (Lipinski definition) is 0. The van der Waals surface area contributed by atoms with E-state index in [1.807, 2.05) is 0 Å². The Hall–Kier alpha value is -2.19. The van der Waals surface area contributed by atoms with Crippen molar-refractivity contribution in [1.29, 1.82) is 0 Å². The van der Waals surface area contributed by atoms with Crippen molar-refractivity contribution in [2.24, 2.45) is 0 Å². The van der Waals surface area contributed by atoms with E-state index in [4.69, 9.17) is 14.2 Å². The van der Waals surface area contributed by atoms with Gasteiger partial charge in [0.1, 0.15) is 12.6 Å². The smallest absolute Gasteiger partial charge is 0.306 e. The minimum absolute atomic E-state index is 0.0373. The van der Waals surface area contributed by atoms with Crippen LogP contribution >= 0.6 is 0 Å². The molecule has 8 nitrogen and oxygen atoms in total. The summed E-state index contributed by atoms with van der Waals surface area (Å²) in [6.07, 6.45) is 39.1. The van der Waals surface area contributed by atoms with E-state index in [-0.39, 0.29) is 42.7 Å². The minimum atomic E-state index is -1.13. The van der Waals surface area contributed by atoms with Gasteiger partial charge in [-0.15, -0.1) is 0 Å². The first-order valence-electron chi connectivity index (χ1n) is 21.9. The van der Waals surface area contributed by atoms with Crippen molar-refractivity contribution >= 4 is 17.9 Å². The molecule has 0 rings (SSSR count). The first-order chi connectivity index (χ1) is 25.6. The number of carboxylic acid groups (broad SMARTS) is 1. The highest BCUT2D eigenvalue weighted by molar-refractivity contribution is 5.70. The number of carboxylic acids is 1. The average molecular weight is 750 g/mol. The molecule has 2 atom stereocenters. The summed E-state index contributed by atoms with van der Waals surface area (Å²) < 4.78 is 17.1. The molecule has 0 bridgehead atoms. The number of unbranched alkanes of at least 4 members (excludes halogenated alkanes) is 21. The van der Waals surface area contributed by atoms with Crippen molar-refractivity contribution < 1.29 is 38.2 Å². The predicted octanol–water partition coefficient (Wildman–Crippen LogP) is 10.4. The summed E-state index contributed by atoms with van der Waals surface area (Å²) in [5, 5.41) is 11.6. The maximum atomic E-state index is 12.7. The molecule has 0 N–H and O–H groups in total. The van der Waals surface area contributed by atoms with Gasteiger partial charge in [-0.25, -0.2) is 0 Å². The molecule has 0 radical (unpaired) electrons. The lowest BCUT2D eigenvalue weighted by Crippen LogP contribution is -2.55. The molecule has 0 aromatic heterocycles. The van der Waals surface area contributed by atoms with Gasteiger partial charge in [-0.05, 0) is 64.2 Å². The van der Waals surface area contributed by atoms with Gasteiger partial charge in [-0.2, -0.15) is 0 Å². The van der Waals surface area contributed by atoms with E-state index in [0.29, 0.717) is 12.8 Å². The van der Waals surface area contributed by atoms with E-state index in [1.54, 1.807) is 21.1 Å². The van der Waals surface area contributed by atoms with Gasteiger partial charge in [0, 0.05) is 19.3 Å². The zero-order chi connectivity index (χ0) is 39.3. The van der Waals surface area contributed by atoms with Crippen LogP contribution in [0.1, 0.15) is 194 Å². The molecule has 0 aliphatic rings. The van der Waals surface area contributed by atoms with Gasteiger partial charge in [-0.3, -0.25) is 9.59 Å². The number of carbonyl (C=O) groups is 3. The van der Waals surface area contributed by atoms with Crippen LogP contribution < -0.4 is 5.11 Å². The van der Waals surface area contributed by atoms with Crippen LogP contribution in [-0.4, -0.2) is 75.5 Å². The second-order valence-electron chi connectivity index (χ2n) is 15.9. The lowest BCUT2D eigenvalue weighted by atomic mass is 10.1. The summed E-state index contributed by atoms with van der Waals surface area (Å²) in [7, 11) is 5.40. The highest BCUT2D eigenvalue weighted by Crippen LogP contribution is 2.13. The topological polar surface area (TPSA) is 102 Å². The zero-order valence-electron chi connectivity index (χ0n) is 35.2. The molecular formula is C45H83NO7. The fourth-order valence-electron chi connectivity index (χ4n) is 6.35. The molecule has 0 aromatic rings. The molecule has 2 unspecified atom stereocenters. The summed E-state index contributed by atoms with van der Waals surface area (Å²) in [6.45, 7) is 4.63. The van der Waals surface area contributed by atoms with E-state index in [0.717, 1.165) is 64.2 Å². The molecule has 0 saturated carbocycles. The number of allylic oxidation sites excluding steroid dienone is 4. The molecule has 0 spiro atoms. The first-order valence-corrected chi connectivity index (χ1v) is 21.9. The number of nitrogens with zero attached hydrogens (tertiary/aromatic N) is 1. The Morgan fingerprint density at radius 3 is 1.38 bits per heavy atom. The normalized spacial score (nSPS) is 13.2. The number of ether oxygens (including phenoxy) is 3. The molecule has 0 saturated heterocycles. The molecule has 0 aromatic carbocycles. The summed E-state index contributed by atoms with van der Waals surface area (Å²) in [4.78, 5) is 36.8. The minimum Gasteiger partial charge on any atom is -0.544 e. The number of hydrogen-bond acceptors (Lipinski definition) is 7. The van der Waals surface area contributed by atoms with Crippen LogP contribution in [0.2, 0.25) is 0 Å². The fourth-order valence-corrected chi connectivity index (χ4v) is 6.35. The fraction of sp³-hybridized carbons (Fsp3) is 0.844. The molecule has 0 amide bonds. The number of rotatable bonds is 39. The van der Waals surface area contributed by atoms with Gasteiger partial charge in [0.05, 0.1) is 40.3 Å². The van der Waals surface area contributed by atoms with Crippen molar-refractivity contribution in [2.75, 3.05) is 41.0 Å². The second-order valence-corrected chi connectivity index (χ2v) is 15.9. The molecule has 0 heterocycles. The van der Waals surface area contributed by atoms with Crippen molar-refractivity contribution in [3.8, 4) is 0 Å². The Kier molecular flexibility index (Phi) is 35.2. The Labute approximate surface area is 326 Å². The van der Waals surface area contributed by atoms with Gasteiger partial charge in [0.15, 0.2) is 6.10 Å². The average Bonchev–Trinajstić information content (AvgIpc) is 3.11. The first kappa shape index (κ1) is 50.8. The molecule has 0 fully saturated rings. The molecular weight excluding hydrogens is 666 g/mol. The third-order valence-electron chi connectivity index (χ3n) is 9.81. The van der Waals surface area contributed by atoms with E-state index in [9.17, 15) is 19.5 Å². The largest absolute Gasteiger partial charge is 0.544 e. The predicted molar refractivity (Wildman–Crippen MR) is 217 cm³/mol. The molecule has 8 heteroatoms. The Morgan fingerprint density at radius 1 is 0.547 bits per heavy atom. The van der Waals surface area contributed by atoms with E-state index in [1.165, 1.54) is 96.3 Å². The quantitative estimate of drug-likeness (QED) is 0.0267. The maximum Gasteiger partial charge on any atom is 0.306 e. The summed E-state index contributed by atoms with van der Waals surface area (Å²) in [5.41, 5.74) is 0. The number of aliphatic carboxylic acids is 1. The van der Waals surface area contributed by atoms with E-state index < -0.39 is 18.1 Å². The molecule has 310 valence electrons. The summed E-state index contributed by atoms with van der Waals surface area (Å²) >= 11 is 0. The van der Waals surface area contributed by atoms with E-state index in [2.05, 4.69) is 38.2 Å². The van der Waals surface area contributed by atoms with Crippen molar-refractivity contribution in [3.05, 3.63) is 24.3 Å². The van der Waals surface area contributed by atoms with Crippen LogP contribution in [0.15, 0.2) is 24.3 Å². The van der Waals surface area contributed by atoms with Gasteiger partial charge in [0.2, 0.25) is 0 Å². The number of quaternary nitrogens is 1. The van der Waals surface area contributed by atoms with Crippen LogP contribution in [0.5, 0.6) is 0 Å².